The molecule has 0 radical (unpaired) electrons. The van der Waals surface area contributed by atoms with Crippen molar-refractivity contribution in [3.8, 4) is 17.2 Å². The van der Waals surface area contributed by atoms with Crippen molar-refractivity contribution in [2.45, 2.75) is 12.7 Å². The average Bonchev–Trinajstić information content (AvgIpc) is 3.04. The van der Waals surface area contributed by atoms with Crippen LogP contribution in [0, 0.1) is 0 Å². The molecule has 0 aliphatic heterocycles. The van der Waals surface area contributed by atoms with Crippen LogP contribution in [0.1, 0.15) is 11.5 Å². The van der Waals surface area contributed by atoms with Crippen molar-refractivity contribution >= 4 is 0 Å². The van der Waals surface area contributed by atoms with Gasteiger partial charge in [-0.1, -0.05) is 0 Å². The zero-order valence-electron chi connectivity index (χ0n) is 12.9. The van der Waals surface area contributed by atoms with Crippen LogP contribution in [0.5, 0.6) is 5.75 Å². The standard InChI is InChI=1S/C16H12F3N3O3/c1-24-12-5-2-10(3-6-12)15-21-20-13(25-15)9-22-8-11(16(17,18)19)4-7-14(22)23/h2-8H,9H2,1H3. The van der Waals surface area contributed by atoms with E-state index in [1.54, 1.807) is 24.3 Å². The molecule has 0 aliphatic rings. The molecule has 3 rings (SSSR count). The molecule has 2 heterocycles. The quantitative estimate of drug-likeness (QED) is 0.723. The van der Waals surface area contributed by atoms with Gasteiger partial charge >= 0.3 is 6.18 Å². The summed E-state index contributed by atoms with van der Waals surface area (Å²) in [5.74, 6) is 0.865. The number of hydrogen-bond donors (Lipinski definition) is 0. The Morgan fingerprint density at radius 3 is 2.48 bits per heavy atom. The van der Waals surface area contributed by atoms with E-state index in [0.29, 0.717) is 11.3 Å². The van der Waals surface area contributed by atoms with Crippen molar-refractivity contribution in [3.63, 3.8) is 0 Å². The number of pyridine rings is 1. The first kappa shape index (κ1) is 16.7. The van der Waals surface area contributed by atoms with Crippen molar-refractivity contribution < 1.29 is 22.3 Å². The molecule has 25 heavy (non-hydrogen) atoms. The Kier molecular flexibility index (Phi) is 4.30. The maximum Gasteiger partial charge on any atom is 0.417 e. The maximum atomic E-state index is 12.7. The highest BCUT2D eigenvalue weighted by molar-refractivity contribution is 5.53. The molecule has 0 spiro atoms. The second-order valence-corrected chi connectivity index (χ2v) is 5.11. The van der Waals surface area contributed by atoms with E-state index in [9.17, 15) is 18.0 Å². The lowest BCUT2D eigenvalue weighted by Crippen LogP contribution is -2.22. The minimum Gasteiger partial charge on any atom is -0.497 e. The van der Waals surface area contributed by atoms with Crippen LogP contribution >= 0.6 is 0 Å². The first-order valence-electron chi connectivity index (χ1n) is 7.11. The van der Waals surface area contributed by atoms with E-state index in [1.807, 2.05) is 0 Å². The smallest absolute Gasteiger partial charge is 0.417 e. The topological polar surface area (TPSA) is 70.2 Å². The van der Waals surface area contributed by atoms with Gasteiger partial charge in [0.1, 0.15) is 12.3 Å². The molecule has 0 amide bonds. The van der Waals surface area contributed by atoms with Gasteiger partial charge in [-0.15, -0.1) is 10.2 Å². The number of aromatic nitrogens is 3. The van der Waals surface area contributed by atoms with Crippen LogP contribution in [0.3, 0.4) is 0 Å². The van der Waals surface area contributed by atoms with E-state index >= 15 is 0 Å². The number of nitrogens with zero attached hydrogens (tertiary/aromatic N) is 3. The molecule has 0 unspecified atom stereocenters. The second-order valence-electron chi connectivity index (χ2n) is 5.11. The van der Waals surface area contributed by atoms with Crippen LogP contribution in [0.2, 0.25) is 0 Å². The molecular formula is C16H12F3N3O3. The Labute approximate surface area is 139 Å². The van der Waals surface area contributed by atoms with E-state index in [0.717, 1.165) is 22.9 Å². The van der Waals surface area contributed by atoms with Gasteiger partial charge in [0, 0.05) is 17.8 Å². The Morgan fingerprint density at radius 1 is 1.12 bits per heavy atom. The highest BCUT2D eigenvalue weighted by Crippen LogP contribution is 2.28. The maximum absolute atomic E-state index is 12.7. The molecule has 6 nitrogen and oxygen atoms in total. The summed E-state index contributed by atoms with van der Waals surface area (Å²) >= 11 is 0. The summed E-state index contributed by atoms with van der Waals surface area (Å²) < 4.78 is 49.6. The molecule has 0 saturated heterocycles. The zero-order valence-corrected chi connectivity index (χ0v) is 12.9. The molecule has 0 atom stereocenters. The Bertz CT molecular complexity index is 930. The monoisotopic (exact) mass is 351 g/mol. The van der Waals surface area contributed by atoms with Gasteiger partial charge in [0.25, 0.3) is 5.56 Å². The fourth-order valence-corrected chi connectivity index (χ4v) is 2.14. The van der Waals surface area contributed by atoms with Crippen LogP contribution in [-0.4, -0.2) is 21.9 Å². The van der Waals surface area contributed by atoms with Crippen molar-refractivity contribution in [3.05, 3.63) is 64.4 Å². The summed E-state index contributed by atoms with van der Waals surface area (Å²) in [6, 6.07) is 8.39. The Morgan fingerprint density at radius 2 is 1.84 bits per heavy atom. The highest BCUT2D eigenvalue weighted by atomic mass is 19.4. The molecular weight excluding hydrogens is 339 g/mol. The normalized spacial score (nSPS) is 11.5. The van der Waals surface area contributed by atoms with Gasteiger partial charge in [-0.05, 0) is 30.3 Å². The molecule has 9 heteroatoms. The summed E-state index contributed by atoms with van der Waals surface area (Å²) in [5.41, 5.74) is -0.907. The summed E-state index contributed by atoms with van der Waals surface area (Å²) in [4.78, 5) is 11.7. The number of rotatable bonds is 4. The molecule has 0 fully saturated rings. The first-order valence-corrected chi connectivity index (χ1v) is 7.11. The van der Waals surface area contributed by atoms with Crippen LogP contribution < -0.4 is 10.3 Å². The predicted molar refractivity (Wildman–Crippen MR) is 81.1 cm³/mol. The minimum absolute atomic E-state index is 0.0206. The van der Waals surface area contributed by atoms with Crippen molar-refractivity contribution in [1.82, 2.24) is 14.8 Å². The van der Waals surface area contributed by atoms with E-state index < -0.39 is 17.3 Å². The van der Waals surface area contributed by atoms with E-state index in [1.165, 1.54) is 7.11 Å². The fraction of sp³-hybridized carbons (Fsp3) is 0.188. The molecule has 0 N–H and O–H groups in total. The summed E-state index contributed by atoms with van der Waals surface area (Å²) in [6.07, 6.45) is -3.82. The van der Waals surface area contributed by atoms with Gasteiger partial charge < -0.3 is 13.7 Å². The number of alkyl halides is 3. The second kappa shape index (κ2) is 6.42. The average molecular weight is 351 g/mol. The number of benzene rings is 1. The van der Waals surface area contributed by atoms with Gasteiger partial charge in [0.15, 0.2) is 0 Å². The predicted octanol–water partition coefficient (Wildman–Crippen LogP) is 2.97. The third kappa shape index (κ3) is 3.70. The van der Waals surface area contributed by atoms with Crippen LogP contribution in [0.25, 0.3) is 11.5 Å². The van der Waals surface area contributed by atoms with Gasteiger partial charge in [-0.25, -0.2) is 0 Å². The number of ether oxygens (including phenoxy) is 1. The molecule has 1 aromatic carbocycles. The zero-order chi connectivity index (χ0) is 18.0. The highest BCUT2D eigenvalue weighted by Gasteiger charge is 2.31. The molecule has 0 aliphatic carbocycles. The lowest BCUT2D eigenvalue weighted by atomic mass is 10.2. The SMILES string of the molecule is COc1ccc(-c2nnc(Cn3cc(C(F)(F)F)ccc3=O)o2)cc1. The van der Waals surface area contributed by atoms with Crippen molar-refractivity contribution in [2.24, 2.45) is 0 Å². The summed E-state index contributed by atoms with van der Waals surface area (Å²) in [5, 5.41) is 7.62. The van der Waals surface area contributed by atoms with Gasteiger partial charge in [0.2, 0.25) is 11.8 Å². The van der Waals surface area contributed by atoms with Gasteiger partial charge in [-0.2, -0.15) is 13.2 Å². The third-order valence-electron chi connectivity index (χ3n) is 3.42. The number of halogens is 3. The molecule has 0 bridgehead atoms. The number of methoxy groups -OCH3 is 1. The van der Waals surface area contributed by atoms with Crippen molar-refractivity contribution in [2.75, 3.05) is 7.11 Å². The number of hydrogen-bond acceptors (Lipinski definition) is 5. The van der Waals surface area contributed by atoms with E-state index in [2.05, 4.69) is 10.2 Å². The molecule has 3 aromatic rings. The van der Waals surface area contributed by atoms with Gasteiger partial charge in [-0.3, -0.25) is 4.79 Å². The Hall–Kier alpha value is -3.10. The van der Waals surface area contributed by atoms with Crippen molar-refractivity contribution in [1.29, 1.82) is 0 Å². The minimum atomic E-state index is -4.54. The largest absolute Gasteiger partial charge is 0.497 e. The van der Waals surface area contributed by atoms with Gasteiger partial charge in [0.05, 0.1) is 12.7 Å². The first-order chi connectivity index (χ1) is 11.9. The molecule has 130 valence electrons. The molecule has 0 saturated carbocycles. The molecule has 2 aromatic heterocycles. The fourth-order valence-electron chi connectivity index (χ4n) is 2.14. The summed E-state index contributed by atoms with van der Waals surface area (Å²) in [6.45, 7) is -0.258. The summed E-state index contributed by atoms with van der Waals surface area (Å²) in [7, 11) is 1.53. The Balaban J connectivity index is 1.85. The third-order valence-corrected chi connectivity index (χ3v) is 3.42. The van der Waals surface area contributed by atoms with Crippen LogP contribution in [-0.2, 0) is 12.7 Å². The van der Waals surface area contributed by atoms with E-state index in [-0.39, 0.29) is 18.3 Å². The van der Waals surface area contributed by atoms with Crippen LogP contribution in [0.15, 0.2) is 51.8 Å². The lowest BCUT2D eigenvalue weighted by molar-refractivity contribution is -0.138. The van der Waals surface area contributed by atoms with Crippen LogP contribution in [0.4, 0.5) is 13.2 Å². The van der Waals surface area contributed by atoms with E-state index in [4.69, 9.17) is 9.15 Å². The lowest BCUT2D eigenvalue weighted by Gasteiger charge is -2.09.